The Kier molecular flexibility index (Phi) is 5.09. The molecule has 6 heteroatoms. The fourth-order valence-electron chi connectivity index (χ4n) is 3.56. The summed E-state index contributed by atoms with van der Waals surface area (Å²) in [6.07, 6.45) is 1.83. The molecule has 0 unspecified atom stereocenters. The molecule has 1 fully saturated rings. The molecule has 0 radical (unpaired) electrons. The van der Waals surface area contributed by atoms with Gasteiger partial charge in [0.15, 0.2) is 11.6 Å². The first kappa shape index (κ1) is 17.9. The maximum Gasteiger partial charge on any atom is 0.165 e. The fraction of sp³-hybridized carbons (Fsp3) is 0.381. The van der Waals surface area contributed by atoms with Crippen molar-refractivity contribution in [3.63, 3.8) is 0 Å². The number of fused-ring (bicyclic) bond motifs is 1. The molecule has 0 bridgehead atoms. The largest absolute Gasteiger partial charge is 0.491 e. The zero-order valence-electron chi connectivity index (χ0n) is 15.7. The number of aryl methyl sites for hydroxylation is 1. The second-order valence-corrected chi connectivity index (χ2v) is 6.90. The summed E-state index contributed by atoms with van der Waals surface area (Å²) >= 11 is 0. The van der Waals surface area contributed by atoms with Gasteiger partial charge in [-0.15, -0.1) is 0 Å². The van der Waals surface area contributed by atoms with E-state index >= 15 is 0 Å². The average molecular weight is 369 g/mol. The minimum atomic E-state index is -0.305. The molecule has 1 atom stereocenters. The van der Waals surface area contributed by atoms with Crippen molar-refractivity contribution >= 4 is 11.0 Å². The van der Waals surface area contributed by atoms with Crippen LogP contribution in [0.15, 0.2) is 42.7 Å². The Bertz CT molecular complexity index is 940. The summed E-state index contributed by atoms with van der Waals surface area (Å²) in [5.41, 5.74) is 4.17. The molecule has 1 aromatic heterocycles. The lowest BCUT2D eigenvalue weighted by molar-refractivity contribution is -0.0329. The molecule has 0 aliphatic carbocycles. The third-order valence-electron chi connectivity index (χ3n) is 4.97. The lowest BCUT2D eigenvalue weighted by Crippen LogP contribution is -2.37. The van der Waals surface area contributed by atoms with Crippen LogP contribution in [-0.4, -0.2) is 40.8 Å². The summed E-state index contributed by atoms with van der Waals surface area (Å²) in [6.45, 7) is 5.27. The van der Waals surface area contributed by atoms with Crippen molar-refractivity contribution in [3.05, 3.63) is 59.7 Å². The van der Waals surface area contributed by atoms with E-state index in [1.165, 1.54) is 0 Å². The highest BCUT2D eigenvalue weighted by Gasteiger charge is 2.23. The van der Waals surface area contributed by atoms with Crippen LogP contribution in [-0.2, 0) is 18.3 Å². The van der Waals surface area contributed by atoms with E-state index in [1.807, 2.05) is 37.0 Å². The highest BCUT2D eigenvalue weighted by atomic mass is 19.1. The Morgan fingerprint density at radius 3 is 2.96 bits per heavy atom. The van der Waals surface area contributed by atoms with Crippen LogP contribution in [0, 0.1) is 5.82 Å². The molecule has 2 aromatic carbocycles. The monoisotopic (exact) mass is 369 g/mol. The topological polar surface area (TPSA) is 39.5 Å². The van der Waals surface area contributed by atoms with Crippen molar-refractivity contribution < 1.29 is 13.9 Å². The molecule has 1 aliphatic rings. The molecule has 0 saturated carbocycles. The van der Waals surface area contributed by atoms with E-state index in [1.54, 1.807) is 12.1 Å². The summed E-state index contributed by atoms with van der Waals surface area (Å²) in [5.74, 6) is 0.00593. The Morgan fingerprint density at radius 1 is 1.26 bits per heavy atom. The molecule has 3 aromatic rings. The number of morpholine rings is 1. The lowest BCUT2D eigenvalue weighted by atomic mass is 10.1. The molecule has 2 heterocycles. The number of rotatable bonds is 5. The van der Waals surface area contributed by atoms with Gasteiger partial charge in [-0.05, 0) is 42.3 Å². The number of nitrogens with zero attached hydrogens (tertiary/aromatic N) is 3. The number of imidazole rings is 1. The smallest absolute Gasteiger partial charge is 0.165 e. The van der Waals surface area contributed by atoms with Crippen LogP contribution in [0.25, 0.3) is 11.0 Å². The number of benzene rings is 2. The third kappa shape index (κ3) is 3.82. The van der Waals surface area contributed by atoms with Crippen LogP contribution in [0.5, 0.6) is 5.75 Å². The number of halogens is 1. The first-order chi connectivity index (χ1) is 13.1. The van der Waals surface area contributed by atoms with Gasteiger partial charge in [0.05, 0.1) is 36.7 Å². The highest BCUT2D eigenvalue weighted by molar-refractivity contribution is 5.76. The maximum atomic E-state index is 14.1. The maximum absolute atomic E-state index is 14.1. The van der Waals surface area contributed by atoms with Crippen molar-refractivity contribution in [3.8, 4) is 5.75 Å². The molecule has 5 nitrogen and oxygen atoms in total. The van der Waals surface area contributed by atoms with Gasteiger partial charge in [-0.1, -0.05) is 12.1 Å². The Balaban J connectivity index is 1.47. The van der Waals surface area contributed by atoms with Gasteiger partial charge in [0, 0.05) is 26.7 Å². The van der Waals surface area contributed by atoms with Gasteiger partial charge in [-0.3, -0.25) is 4.90 Å². The molecule has 0 amide bonds. The SMILES string of the molecule is CCOc1ccc(CN2CCO[C@H](c3ccc4ncn(C)c4c3)C2)cc1F. The zero-order chi connectivity index (χ0) is 18.8. The quantitative estimate of drug-likeness (QED) is 0.688. The average Bonchev–Trinajstić information content (AvgIpc) is 3.05. The van der Waals surface area contributed by atoms with Crippen molar-refractivity contribution in [2.75, 3.05) is 26.3 Å². The van der Waals surface area contributed by atoms with Crippen LogP contribution in [0.2, 0.25) is 0 Å². The minimum absolute atomic E-state index is 0.00518. The molecular weight excluding hydrogens is 345 g/mol. The van der Waals surface area contributed by atoms with E-state index < -0.39 is 0 Å². The molecule has 27 heavy (non-hydrogen) atoms. The summed E-state index contributed by atoms with van der Waals surface area (Å²) in [7, 11) is 1.99. The van der Waals surface area contributed by atoms with Crippen LogP contribution in [0.3, 0.4) is 0 Å². The first-order valence-electron chi connectivity index (χ1n) is 9.30. The summed E-state index contributed by atoms with van der Waals surface area (Å²) in [5, 5.41) is 0. The predicted octanol–water partition coefficient (Wildman–Crippen LogP) is 3.68. The van der Waals surface area contributed by atoms with Gasteiger partial charge in [0.1, 0.15) is 0 Å². The van der Waals surface area contributed by atoms with Gasteiger partial charge in [-0.25, -0.2) is 9.37 Å². The van der Waals surface area contributed by atoms with Gasteiger partial charge >= 0.3 is 0 Å². The van der Waals surface area contributed by atoms with Gasteiger partial charge in [0.2, 0.25) is 0 Å². The molecule has 1 aliphatic heterocycles. The molecule has 4 rings (SSSR count). The van der Waals surface area contributed by atoms with Crippen LogP contribution >= 0.6 is 0 Å². The molecule has 142 valence electrons. The number of aromatic nitrogens is 2. The van der Waals surface area contributed by atoms with Crippen molar-refractivity contribution in [2.24, 2.45) is 7.05 Å². The summed E-state index contributed by atoms with van der Waals surface area (Å²) in [4.78, 5) is 6.67. The van der Waals surface area contributed by atoms with Crippen LogP contribution in [0.4, 0.5) is 4.39 Å². The molecule has 1 saturated heterocycles. The fourth-order valence-corrected chi connectivity index (χ4v) is 3.56. The third-order valence-corrected chi connectivity index (χ3v) is 4.97. The van der Waals surface area contributed by atoms with Gasteiger partial charge in [-0.2, -0.15) is 0 Å². The number of ether oxygens (including phenoxy) is 2. The van der Waals surface area contributed by atoms with E-state index in [0.717, 1.165) is 35.2 Å². The molecule has 0 spiro atoms. The van der Waals surface area contributed by atoms with E-state index in [-0.39, 0.29) is 11.9 Å². The van der Waals surface area contributed by atoms with E-state index in [2.05, 4.69) is 22.0 Å². The first-order valence-corrected chi connectivity index (χ1v) is 9.30. The van der Waals surface area contributed by atoms with Gasteiger partial charge < -0.3 is 14.0 Å². The Labute approximate surface area is 158 Å². The standard InChI is InChI=1S/C21H24FN3O2/c1-3-26-20-7-4-15(10-17(20)22)12-25-8-9-27-21(13-25)16-5-6-18-19(11-16)24(2)14-23-18/h4-7,10-11,14,21H,3,8-9,12-13H2,1-2H3/t21-/m0/s1. The van der Waals surface area contributed by atoms with E-state index in [0.29, 0.717) is 25.5 Å². The summed E-state index contributed by atoms with van der Waals surface area (Å²) < 4.78 is 27.4. The van der Waals surface area contributed by atoms with Crippen molar-refractivity contribution in [2.45, 2.75) is 19.6 Å². The summed E-state index contributed by atoms with van der Waals surface area (Å²) in [6, 6.07) is 11.5. The number of hydrogen-bond donors (Lipinski definition) is 0. The lowest BCUT2D eigenvalue weighted by Gasteiger charge is -2.33. The minimum Gasteiger partial charge on any atom is -0.491 e. The van der Waals surface area contributed by atoms with Crippen molar-refractivity contribution in [1.29, 1.82) is 0 Å². The number of hydrogen-bond acceptors (Lipinski definition) is 4. The van der Waals surface area contributed by atoms with E-state index in [9.17, 15) is 4.39 Å². The van der Waals surface area contributed by atoms with Crippen LogP contribution in [0.1, 0.15) is 24.2 Å². The predicted molar refractivity (Wildman–Crippen MR) is 102 cm³/mol. The zero-order valence-corrected chi connectivity index (χ0v) is 15.7. The normalized spacial score (nSPS) is 18.1. The van der Waals surface area contributed by atoms with E-state index in [4.69, 9.17) is 9.47 Å². The Morgan fingerprint density at radius 2 is 2.15 bits per heavy atom. The second kappa shape index (κ2) is 7.66. The molecule has 0 N–H and O–H groups in total. The van der Waals surface area contributed by atoms with Crippen molar-refractivity contribution in [1.82, 2.24) is 14.5 Å². The van der Waals surface area contributed by atoms with Crippen LogP contribution < -0.4 is 4.74 Å². The highest BCUT2D eigenvalue weighted by Crippen LogP contribution is 2.27. The van der Waals surface area contributed by atoms with Gasteiger partial charge in [0.25, 0.3) is 0 Å². The second-order valence-electron chi connectivity index (χ2n) is 6.90. The Hall–Kier alpha value is -2.44. The molecular formula is C21H24FN3O2.